The third-order valence-corrected chi connectivity index (χ3v) is 4.76. The molecule has 0 aromatic heterocycles. The molecule has 1 unspecified atom stereocenters. The van der Waals surface area contributed by atoms with Crippen LogP contribution in [-0.2, 0) is 0 Å². The molecule has 0 radical (unpaired) electrons. The minimum atomic E-state index is 0.741. The Kier molecular flexibility index (Phi) is 9.24. The smallest absolute Gasteiger partial charge is 0.00982 e. The Morgan fingerprint density at radius 2 is 1.89 bits per heavy atom. The molecule has 112 valence electrons. The summed E-state index contributed by atoms with van der Waals surface area (Å²) >= 11 is 0. The van der Waals surface area contributed by atoms with Crippen molar-refractivity contribution in [1.29, 1.82) is 0 Å². The molecule has 0 heterocycles. The number of hydrogen-bond acceptors (Lipinski definition) is 1. The van der Waals surface area contributed by atoms with Gasteiger partial charge in [0.15, 0.2) is 0 Å². The standard InChI is InChI=1S/C18H35N/c1-4-7-9-16-11-13-17(14-12-16)18(10-8-5-2)19-15-6-3/h5,16-19H,2,4,6-15H2,1,3H3. The molecule has 0 aliphatic heterocycles. The topological polar surface area (TPSA) is 12.0 Å². The molecule has 0 aromatic rings. The van der Waals surface area contributed by atoms with E-state index in [0.29, 0.717) is 0 Å². The largest absolute Gasteiger partial charge is 0.314 e. The highest BCUT2D eigenvalue weighted by Gasteiger charge is 2.26. The van der Waals surface area contributed by atoms with Crippen molar-refractivity contribution in [3.05, 3.63) is 12.7 Å². The predicted octanol–water partition coefficient (Wildman–Crippen LogP) is 5.32. The van der Waals surface area contributed by atoms with Gasteiger partial charge < -0.3 is 5.32 Å². The molecule has 1 nitrogen and oxygen atoms in total. The molecule has 0 amide bonds. The lowest BCUT2D eigenvalue weighted by Gasteiger charge is -2.34. The fraction of sp³-hybridized carbons (Fsp3) is 0.889. The van der Waals surface area contributed by atoms with Gasteiger partial charge in [-0.05, 0) is 50.5 Å². The third kappa shape index (κ3) is 6.61. The highest BCUT2D eigenvalue weighted by atomic mass is 14.9. The molecule has 0 aromatic carbocycles. The zero-order chi connectivity index (χ0) is 13.9. The molecule has 1 N–H and O–H groups in total. The van der Waals surface area contributed by atoms with Gasteiger partial charge in [-0.3, -0.25) is 0 Å². The van der Waals surface area contributed by atoms with E-state index >= 15 is 0 Å². The first kappa shape index (κ1) is 16.8. The van der Waals surface area contributed by atoms with Crippen LogP contribution in [0.4, 0.5) is 0 Å². The molecular weight excluding hydrogens is 230 g/mol. The molecule has 1 aliphatic rings. The molecule has 1 heteroatoms. The van der Waals surface area contributed by atoms with Crippen molar-refractivity contribution in [1.82, 2.24) is 5.32 Å². The maximum atomic E-state index is 3.88. The van der Waals surface area contributed by atoms with Crippen LogP contribution in [0.25, 0.3) is 0 Å². The Bertz CT molecular complexity index is 216. The van der Waals surface area contributed by atoms with Crippen LogP contribution in [0.1, 0.15) is 78.1 Å². The van der Waals surface area contributed by atoms with Crippen LogP contribution in [0.5, 0.6) is 0 Å². The summed E-state index contributed by atoms with van der Waals surface area (Å²) in [7, 11) is 0. The Hall–Kier alpha value is -0.300. The van der Waals surface area contributed by atoms with E-state index in [4.69, 9.17) is 0 Å². The average molecular weight is 265 g/mol. The summed E-state index contributed by atoms with van der Waals surface area (Å²) < 4.78 is 0. The van der Waals surface area contributed by atoms with Crippen LogP contribution in [0.3, 0.4) is 0 Å². The van der Waals surface area contributed by atoms with Gasteiger partial charge in [0, 0.05) is 6.04 Å². The lowest BCUT2D eigenvalue weighted by atomic mass is 9.76. The van der Waals surface area contributed by atoms with E-state index in [1.165, 1.54) is 64.3 Å². The average Bonchev–Trinajstić information content (AvgIpc) is 2.46. The second kappa shape index (κ2) is 10.5. The summed E-state index contributed by atoms with van der Waals surface area (Å²) in [4.78, 5) is 0. The van der Waals surface area contributed by atoms with Gasteiger partial charge in [-0.2, -0.15) is 0 Å². The molecule has 1 saturated carbocycles. The van der Waals surface area contributed by atoms with Crippen molar-refractivity contribution in [2.75, 3.05) is 6.54 Å². The second-order valence-corrected chi connectivity index (χ2v) is 6.35. The van der Waals surface area contributed by atoms with E-state index in [-0.39, 0.29) is 0 Å². The van der Waals surface area contributed by atoms with Crippen LogP contribution < -0.4 is 5.32 Å². The molecule has 0 spiro atoms. The summed E-state index contributed by atoms with van der Waals surface area (Å²) in [6, 6.07) is 0.741. The van der Waals surface area contributed by atoms with Gasteiger partial charge in [-0.1, -0.05) is 52.0 Å². The molecule has 0 saturated heterocycles. The summed E-state index contributed by atoms with van der Waals surface area (Å²) in [5, 5.41) is 3.78. The first-order valence-electron chi connectivity index (χ1n) is 8.66. The van der Waals surface area contributed by atoms with Crippen LogP contribution in [-0.4, -0.2) is 12.6 Å². The van der Waals surface area contributed by atoms with Crippen molar-refractivity contribution in [2.24, 2.45) is 11.8 Å². The quantitative estimate of drug-likeness (QED) is 0.527. The number of allylic oxidation sites excluding steroid dienone is 1. The van der Waals surface area contributed by atoms with E-state index in [9.17, 15) is 0 Å². The van der Waals surface area contributed by atoms with Crippen molar-refractivity contribution in [2.45, 2.75) is 84.1 Å². The monoisotopic (exact) mass is 265 g/mol. The first-order valence-corrected chi connectivity index (χ1v) is 8.66. The van der Waals surface area contributed by atoms with Crippen LogP contribution in [0.2, 0.25) is 0 Å². The maximum Gasteiger partial charge on any atom is 0.00982 e. The Balaban J connectivity index is 2.32. The fourth-order valence-electron chi connectivity index (χ4n) is 3.50. The van der Waals surface area contributed by atoms with Crippen LogP contribution in [0.15, 0.2) is 12.7 Å². The lowest BCUT2D eigenvalue weighted by Crippen LogP contribution is -2.38. The SMILES string of the molecule is C=CCCC(NCCC)C1CCC(CCCC)CC1. The van der Waals surface area contributed by atoms with E-state index in [1.54, 1.807) is 0 Å². The number of hydrogen-bond donors (Lipinski definition) is 1. The van der Waals surface area contributed by atoms with Crippen LogP contribution >= 0.6 is 0 Å². The number of rotatable bonds is 10. The molecule has 19 heavy (non-hydrogen) atoms. The second-order valence-electron chi connectivity index (χ2n) is 6.35. The van der Waals surface area contributed by atoms with Gasteiger partial charge in [-0.25, -0.2) is 0 Å². The van der Waals surface area contributed by atoms with Gasteiger partial charge in [0.2, 0.25) is 0 Å². The lowest BCUT2D eigenvalue weighted by molar-refractivity contribution is 0.206. The molecular formula is C18H35N. The third-order valence-electron chi connectivity index (χ3n) is 4.76. The number of unbranched alkanes of at least 4 members (excludes halogenated alkanes) is 1. The van der Waals surface area contributed by atoms with E-state index in [2.05, 4.69) is 31.8 Å². The van der Waals surface area contributed by atoms with Gasteiger partial charge in [0.25, 0.3) is 0 Å². The van der Waals surface area contributed by atoms with Gasteiger partial charge in [-0.15, -0.1) is 6.58 Å². The van der Waals surface area contributed by atoms with Gasteiger partial charge in [0.05, 0.1) is 0 Å². The van der Waals surface area contributed by atoms with Gasteiger partial charge in [0.1, 0.15) is 0 Å². The molecule has 0 bridgehead atoms. The molecule has 1 aliphatic carbocycles. The minimum absolute atomic E-state index is 0.741. The Morgan fingerprint density at radius 3 is 2.47 bits per heavy atom. The summed E-state index contributed by atoms with van der Waals surface area (Å²) in [5.41, 5.74) is 0. The van der Waals surface area contributed by atoms with E-state index in [1.807, 2.05) is 0 Å². The van der Waals surface area contributed by atoms with Crippen molar-refractivity contribution in [3.63, 3.8) is 0 Å². The predicted molar refractivity (Wildman–Crippen MR) is 86.5 cm³/mol. The van der Waals surface area contributed by atoms with Crippen molar-refractivity contribution < 1.29 is 0 Å². The summed E-state index contributed by atoms with van der Waals surface area (Å²) in [6.07, 6.45) is 15.9. The normalized spacial score (nSPS) is 25.2. The van der Waals surface area contributed by atoms with Gasteiger partial charge >= 0.3 is 0 Å². The van der Waals surface area contributed by atoms with Crippen molar-refractivity contribution >= 4 is 0 Å². The highest BCUT2D eigenvalue weighted by Crippen LogP contribution is 2.34. The van der Waals surface area contributed by atoms with Crippen LogP contribution in [0, 0.1) is 11.8 Å². The first-order chi connectivity index (χ1) is 9.31. The zero-order valence-corrected chi connectivity index (χ0v) is 13.3. The molecule has 1 rings (SSSR count). The minimum Gasteiger partial charge on any atom is -0.314 e. The summed E-state index contributed by atoms with van der Waals surface area (Å²) in [6.45, 7) is 9.63. The Labute approximate surface area is 121 Å². The Morgan fingerprint density at radius 1 is 1.16 bits per heavy atom. The fourth-order valence-corrected chi connectivity index (χ4v) is 3.50. The molecule has 1 atom stereocenters. The molecule has 1 fully saturated rings. The zero-order valence-electron chi connectivity index (χ0n) is 13.3. The highest BCUT2D eigenvalue weighted by molar-refractivity contribution is 4.84. The van der Waals surface area contributed by atoms with E-state index < -0.39 is 0 Å². The maximum absolute atomic E-state index is 3.88. The summed E-state index contributed by atoms with van der Waals surface area (Å²) in [5.74, 6) is 1.95. The van der Waals surface area contributed by atoms with E-state index in [0.717, 1.165) is 24.3 Å². The number of nitrogens with one attached hydrogen (secondary N) is 1. The van der Waals surface area contributed by atoms with Crippen molar-refractivity contribution in [3.8, 4) is 0 Å².